The molecule has 2 aliphatic rings. The van der Waals surface area contributed by atoms with Crippen LogP contribution in [0.5, 0.6) is 5.75 Å². The Labute approximate surface area is 233 Å². The summed E-state index contributed by atoms with van der Waals surface area (Å²) in [4.78, 5) is 39.2. The first-order valence-electron chi connectivity index (χ1n) is 13.8. The molecule has 40 heavy (non-hydrogen) atoms. The Bertz CT molecular complexity index is 1250. The third-order valence-electron chi connectivity index (χ3n) is 7.66. The minimum atomic E-state index is -0.998. The predicted molar refractivity (Wildman–Crippen MR) is 144 cm³/mol. The van der Waals surface area contributed by atoms with E-state index < -0.39 is 29.1 Å². The van der Waals surface area contributed by atoms with Gasteiger partial charge in [0.25, 0.3) is 0 Å². The number of nitrogens with zero attached hydrogens (tertiary/aromatic N) is 1. The number of methoxy groups -OCH3 is 1. The highest BCUT2D eigenvalue weighted by molar-refractivity contribution is 5.92. The van der Waals surface area contributed by atoms with E-state index in [1.165, 1.54) is 17.0 Å². The summed E-state index contributed by atoms with van der Waals surface area (Å²) in [5, 5.41) is 8.94. The number of hydrogen-bond acceptors (Lipinski definition) is 5. The normalized spacial score (nSPS) is 16.9. The first-order chi connectivity index (χ1) is 19.0. The Morgan fingerprint density at radius 3 is 2.40 bits per heavy atom. The van der Waals surface area contributed by atoms with Crippen molar-refractivity contribution in [3.63, 3.8) is 0 Å². The smallest absolute Gasteiger partial charge is 0.303 e. The first kappa shape index (κ1) is 29.6. The average Bonchev–Trinajstić information content (AvgIpc) is 3.71. The molecule has 1 N–H and O–H groups in total. The molecule has 1 aliphatic heterocycles. The third-order valence-corrected chi connectivity index (χ3v) is 7.66. The summed E-state index contributed by atoms with van der Waals surface area (Å²) in [5.74, 6) is -2.03. The van der Waals surface area contributed by atoms with Crippen molar-refractivity contribution in [3.8, 4) is 5.75 Å². The van der Waals surface area contributed by atoms with Gasteiger partial charge < -0.3 is 19.5 Å². The molecule has 1 fully saturated rings. The topological polar surface area (TPSA) is 93.1 Å². The molecular formula is C31H37F2NO6. The van der Waals surface area contributed by atoms with Crippen molar-refractivity contribution >= 4 is 17.7 Å². The number of amides is 1. The maximum absolute atomic E-state index is 15.3. The Balaban J connectivity index is 1.56. The molecule has 1 heterocycles. The molecule has 2 aromatic rings. The third kappa shape index (κ3) is 7.05. The molecule has 0 saturated heterocycles. The van der Waals surface area contributed by atoms with Crippen molar-refractivity contribution in [3.05, 3.63) is 64.2 Å². The molecule has 4 rings (SSSR count). The highest BCUT2D eigenvalue weighted by atomic mass is 19.1. The molecule has 216 valence electrons. The predicted octanol–water partition coefficient (Wildman–Crippen LogP) is 5.17. The van der Waals surface area contributed by atoms with Crippen molar-refractivity contribution in [2.45, 2.75) is 70.3 Å². The van der Waals surface area contributed by atoms with Gasteiger partial charge in [0, 0.05) is 43.4 Å². The van der Waals surface area contributed by atoms with E-state index in [-0.39, 0.29) is 61.7 Å². The van der Waals surface area contributed by atoms with Gasteiger partial charge >= 0.3 is 5.97 Å². The number of Topliss-reactive ketones (excluding diaryl/α,β-unsaturated/α-hetero) is 1. The zero-order valence-corrected chi connectivity index (χ0v) is 23.3. The Morgan fingerprint density at radius 1 is 1.07 bits per heavy atom. The van der Waals surface area contributed by atoms with E-state index in [0.29, 0.717) is 30.3 Å². The fraction of sp³-hybridized carbons (Fsp3) is 0.516. The van der Waals surface area contributed by atoms with Gasteiger partial charge in [0.2, 0.25) is 5.91 Å². The highest BCUT2D eigenvalue weighted by Crippen LogP contribution is 2.36. The number of ether oxygens (including phenoxy) is 2. The number of benzene rings is 2. The van der Waals surface area contributed by atoms with Gasteiger partial charge in [-0.2, -0.15) is 0 Å². The summed E-state index contributed by atoms with van der Waals surface area (Å²) in [6.45, 7) is 4.48. The van der Waals surface area contributed by atoms with Crippen LogP contribution in [0.2, 0.25) is 0 Å². The largest absolute Gasteiger partial charge is 0.497 e. The van der Waals surface area contributed by atoms with E-state index in [1.54, 1.807) is 33.1 Å². The first-order valence-corrected chi connectivity index (χ1v) is 13.8. The van der Waals surface area contributed by atoms with Crippen molar-refractivity contribution in [2.24, 2.45) is 5.92 Å². The van der Waals surface area contributed by atoms with Gasteiger partial charge in [0.15, 0.2) is 5.78 Å². The minimum absolute atomic E-state index is 0.0164. The van der Waals surface area contributed by atoms with Crippen LogP contribution in [0.3, 0.4) is 0 Å². The van der Waals surface area contributed by atoms with E-state index in [4.69, 9.17) is 14.6 Å². The van der Waals surface area contributed by atoms with Crippen molar-refractivity contribution in [2.75, 3.05) is 26.9 Å². The van der Waals surface area contributed by atoms with Crippen LogP contribution in [0, 0.1) is 17.6 Å². The number of carboxylic acids is 1. The number of rotatable bonds is 13. The molecule has 0 unspecified atom stereocenters. The van der Waals surface area contributed by atoms with Crippen LogP contribution in [-0.4, -0.2) is 54.5 Å². The molecule has 9 heteroatoms. The van der Waals surface area contributed by atoms with Gasteiger partial charge in [0.05, 0.1) is 13.7 Å². The Kier molecular flexibility index (Phi) is 9.23. The molecule has 7 nitrogen and oxygen atoms in total. The molecular weight excluding hydrogens is 520 g/mol. The maximum atomic E-state index is 15.3. The molecule has 0 bridgehead atoms. The van der Waals surface area contributed by atoms with E-state index in [1.807, 2.05) is 6.07 Å². The molecule has 0 spiro atoms. The van der Waals surface area contributed by atoms with Crippen LogP contribution >= 0.6 is 0 Å². The van der Waals surface area contributed by atoms with E-state index in [2.05, 4.69) is 0 Å². The lowest BCUT2D eigenvalue weighted by atomic mass is 9.83. The van der Waals surface area contributed by atoms with Crippen LogP contribution in [0.4, 0.5) is 8.78 Å². The second-order valence-corrected chi connectivity index (χ2v) is 11.5. The van der Waals surface area contributed by atoms with Gasteiger partial charge in [-0.25, -0.2) is 8.78 Å². The van der Waals surface area contributed by atoms with Crippen molar-refractivity contribution in [1.82, 2.24) is 4.90 Å². The summed E-state index contributed by atoms with van der Waals surface area (Å²) in [7, 11) is 1.54. The number of aliphatic carboxylic acids is 1. The van der Waals surface area contributed by atoms with Crippen LogP contribution < -0.4 is 4.74 Å². The number of ketones is 1. The molecule has 1 atom stereocenters. The summed E-state index contributed by atoms with van der Waals surface area (Å²) in [6, 6.07) is 6.69. The number of carbonyl (C=O) groups is 3. The van der Waals surface area contributed by atoms with Gasteiger partial charge in [-0.15, -0.1) is 0 Å². The second kappa shape index (κ2) is 12.5. The van der Waals surface area contributed by atoms with Crippen molar-refractivity contribution < 1.29 is 37.7 Å². The van der Waals surface area contributed by atoms with E-state index in [0.717, 1.165) is 18.4 Å². The zero-order chi connectivity index (χ0) is 29.0. The number of carboxylic acid groups (broad SMARTS) is 1. The molecule has 1 aliphatic carbocycles. The highest BCUT2D eigenvalue weighted by Gasteiger charge is 2.36. The monoisotopic (exact) mass is 557 g/mol. The van der Waals surface area contributed by atoms with Crippen LogP contribution in [0.25, 0.3) is 0 Å². The Hall–Kier alpha value is -3.33. The van der Waals surface area contributed by atoms with Crippen LogP contribution in [0.15, 0.2) is 30.3 Å². The van der Waals surface area contributed by atoms with Crippen LogP contribution in [0.1, 0.15) is 74.2 Å². The van der Waals surface area contributed by atoms with Crippen molar-refractivity contribution in [1.29, 1.82) is 0 Å². The minimum Gasteiger partial charge on any atom is -0.497 e. The lowest BCUT2D eigenvalue weighted by molar-refractivity contribution is -0.141. The quantitative estimate of drug-likeness (QED) is 0.365. The van der Waals surface area contributed by atoms with Gasteiger partial charge in [-0.3, -0.25) is 14.4 Å². The fourth-order valence-corrected chi connectivity index (χ4v) is 5.39. The molecule has 1 saturated carbocycles. The number of carbonyl (C=O) groups excluding carboxylic acids is 2. The number of fused-ring (bicyclic) bond motifs is 1. The van der Waals surface area contributed by atoms with E-state index >= 15 is 8.78 Å². The maximum Gasteiger partial charge on any atom is 0.303 e. The number of halogens is 2. The summed E-state index contributed by atoms with van der Waals surface area (Å²) < 4.78 is 41.6. The lowest BCUT2D eigenvalue weighted by Crippen LogP contribution is -2.44. The zero-order valence-electron chi connectivity index (χ0n) is 23.3. The summed E-state index contributed by atoms with van der Waals surface area (Å²) in [6.07, 6.45) is 2.44. The van der Waals surface area contributed by atoms with E-state index in [9.17, 15) is 14.4 Å². The second-order valence-electron chi connectivity index (χ2n) is 11.5. The fourth-order valence-electron chi connectivity index (χ4n) is 5.39. The van der Waals surface area contributed by atoms with Gasteiger partial charge in [-0.1, -0.05) is 19.9 Å². The average molecular weight is 558 g/mol. The SMILES string of the molecule is COc1ccc2c(c1)CCN(C(=O)CCCC(=O)O)[C@H]2C(=O)Cc1cc(F)c(C(C)(C)COCC2CC2)c(F)c1. The summed E-state index contributed by atoms with van der Waals surface area (Å²) >= 11 is 0. The van der Waals surface area contributed by atoms with Crippen LogP contribution in [-0.2, 0) is 37.4 Å². The van der Waals surface area contributed by atoms with Gasteiger partial charge in [-0.05, 0) is 72.6 Å². The number of hydrogen-bond donors (Lipinski definition) is 1. The standard InChI is InChI=1S/C31H37F2NO6/c1-31(2,18-40-17-19-7-8-19)29-24(32)13-20(14-25(29)33)15-26(35)30-23-10-9-22(39-3)16-21(23)11-12-34(30)27(36)5-4-6-28(37)38/h9-10,13-14,16,19,30H,4-8,11-12,15,17-18H2,1-3H3,(H,37,38)/t30-/m1/s1. The molecule has 1 amide bonds. The molecule has 0 aromatic heterocycles. The Morgan fingerprint density at radius 2 is 1.77 bits per heavy atom. The van der Waals surface area contributed by atoms with Gasteiger partial charge in [0.1, 0.15) is 23.4 Å². The summed E-state index contributed by atoms with van der Waals surface area (Å²) in [5.41, 5.74) is 0.692. The molecule has 2 aromatic carbocycles. The molecule has 0 radical (unpaired) electrons. The lowest BCUT2D eigenvalue weighted by Gasteiger charge is -2.37.